The fourth-order valence-corrected chi connectivity index (χ4v) is 3.60. The third kappa shape index (κ3) is 4.69. The van der Waals surface area contributed by atoms with Gasteiger partial charge in [-0.3, -0.25) is 4.21 Å². The molecule has 0 spiro atoms. The van der Waals surface area contributed by atoms with Crippen molar-refractivity contribution in [2.75, 3.05) is 19.9 Å². The van der Waals surface area contributed by atoms with Crippen molar-refractivity contribution in [1.29, 1.82) is 0 Å². The van der Waals surface area contributed by atoms with Crippen LogP contribution in [0.2, 0.25) is 0 Å². The zero-order valence-corrected chi connectivity index (χ0v) is 13.2. The summed E-state index contributed by atoms with van der Waals surface area (Å²) in [5.74, 6) is 2.02. The molecule has 0 heterocycles. The van der Waals surface area contributed by atoms with E-state index >= 15 is 0 Å². The van der Waals surface area contributed by atoms with Crippen molar-refractivity contribution in [2.24, 2.45) is 0 Å². The number of methoxy groups -OCH3 is 1. The minimum Gasteiger partial charge on any atom is -0.497 e. The molecular formula is C17H21NO2S. The Morgan fingerprint density at radius 3 is 2.33 bits per heavy atom. The normalized spacial score (nSPS) is 13.6. The van der Waals surface area contributed by atoms with Crippen LogP contribution >= 0.6 is 0 Å². The third-order valence-corrected chi connectivity index (χ3v) is 4.75. The predicted octanol–water partition coefficient (Wildman–Crippen LogP) is 2.90. The van der Waals surface area contributed by atoms with Gasteiger partial charge >= 0.3 is 0 Å². The molecule has 0 bridgehead atoms. The molecule has 2 atom stereocenters. The van der Waals surface area contributed by atoms with Gasteiger partial charge in [0.25, 0.3) is 0 Å². The molecule has 0 aliphatic rings. The summed E-state index contributed by atoms with van der Waals surface area (Å²) in [6.45, 7) is 0. The summed E-state index contributed by atoms with van der Waals surface area (Å²) < 4.78 is 17.5. The van der Waals surface area contributed by atoms with E-state index < -0.39 is 10.8 Å². The number of hydrogen-bond acceptors (Lipinski definition) is 3. The summed E-state index contributed by atoms with van der Waals surface area (Å²) in [5, 5.41) is 3.24. The molecule has 0 fully saturated rings. The van der Waals surface area contributed by atoms with Crippen LogP contribution in [0.1, 0.15) is 17.2 Å². The van der Waals surface area contributed by atoms with Crippen LogP contribution in [0.4, 0.5) is 0 Å². The lowest BCUT2D eigenvalue weighted by atomic mass is 10.1. The second-order valence-corrected chi connectivity index (χ2v) is 6.35. The molecule has 0 aliphatic carbocycles. The highest BCUT2D eigenvalue weighted by molar-refractivity contribution is 7.84. The van der Waals surface area contributed by atoms with Crippen molar-refractivity contribution in [2.45, 2.75) is 11.8 Å². The maximum atomic E-state index is 12.3. The fourth-order valence-electron chi connectivity index (χ4n) is 2.19. The maximum Gasteiger partial charge on any atom is 0.118 e. The van der Waals surface area contributed by atoms with E-state index in [1.54, 1.807) is 7.11 Å². The molecule has 21 heavy (non-hydrogen) atoms. The number of benzene rings is 2. The van der Waals surface area contributed by atoms with Crippen molar-refractivity contribution in [3.8, 4) is 5.75 Å². The molecule has 2 unspecified atom stereocenters. The highest BCUT2D eigenvalue weighted by atomic mass is 32.2. The Hall–Kier alpha value is -1.65. The monoisotopic (exact) mass is 303 g/mol. The van der Waals surface area contributed by atoms with Crippen LogP contribution in [0.15, 0.2) is 54.6 Å². The van der Waals surface area contributed by atoms with Crippen molar-refractivity contribution in [3.63, 3.8) is 0 Å². The Labute approximate surface area is 128 Å². The van der Waals surface area contributed by atoms with Gasteiger partial charge in [0.05, 0.1) is 7.11 Å². The van der Waals surface area contributed by atoms with Gasteiger partial charge in [-0.1, -0.05) is 42.5 Å². The number of nitrogens with one attached hydrogen (secondary N) is 1. The van der Waals surface area contributed by atoms with E-state index in [4.69, 9.17) is 4.74 Å². The van der Waals surface area contributed by atoms with E-state index in [9.17, 15) is 4.21 Å². The van der Waals surface area contributed by atoms with E-state index in [0.29, 0.717) is 11.5 Å². The van der Waals surface area contributed by atoms with Crippen LogP contribution in [0.5, 0.6) is 5.75 Å². The van der Waals surface area contributed by atoms with Crippen LogP contribution < -0.4 is 10.1 Å². The Balaban J connectivity index is 1.99. The molecule has 0 aliphatic heterocycles. The zero-order chi connectivity index (χ0) is 15.1. The number of hydrogen-bond donors (Lipinski definition) is 1. The summed E-state index contributed by atoms with van der Waals surface area (Å²) in [5.41, 5.74) is 2.24. The predicted molar refractivity (Wildman–Crippen MR) is 88.0 cm³/mol. The number of rotatable bonds is 7. The van der Waals surface area contributed by atoms with Gasteiger partial charge in [0.2, 0.25) is 0 Å². The Bertz CT molecular complexity index is 569. The van der Waals surface area contributed by atoms with Crippen molar-refractivity contribution >= 4 is 10.8 Å². The first kappa shape index (κ1) is 15.7. The summed E-state index contributed by atoms with van der Waals surface area (Å²) in [6, 6.07) is 17.9. The largest absolute Gasteiger partial charge is 0.497 e. The first-order valence-corrected chi connectivity index (χ1v) is 8.42. The average molecular weight is 303 g/mol. The highest BCUT2D eigenvalue weighted by Gasteiger charge is 2.13. The molecule has 0 amide bonds. The summed E-state index contributed by atoms with van der Waals surface area (Å²) >= 11 is 0. The minimum absolute atomic E-state index is 0.0838. The lowest BCUT2D eigenvalue weighted by molar-refractivity contribution is 0.414. The molecular weight excluding hydrogens is 282 g/mol. The Morgan fingerprint density at radius 1 is 1.10 bits per heavy atom. The summed E-state index contributed by atoms with van der Waals surface area (Å²) in [6.07, 6.45) is 0. The smallest absolute Gasteiger partial charge is 0.118 e. The lowest BCUT2D eigenvalue weighted by Gasteiger charge is -2.16. The highest BCUT2D eigenvalue weighted by Crippen LogP contribution is 2.19. The first-order chi connectivity index (χ1) is 10.2. The van der Waals surface area contributed by atoms with Crippen LogP contribution in [-0.2, 0) is 16.6 Å². The molecule has 1 N–H and O–H groups in total. The molecule has 4 heteroatoms. The minimum atomic E-state index is -0.902. The topological polar surface area (TPSA) is 38.3 Å². The Morgan fingerprint density at radius 2 is 1.76 bits per heavy atom. The average Bonchev–Trinajstić information content (AvgIpc) is 2.53. The van der Waals surface area contributed by atoms with E-state index in [1.165, 1.54) is 0 Å². The maximum absolute atomic E-state index is 12.3. The van der Waals surface area contributed by atoms with Crippen LogP contribution in [0.3, 0.4) is 0 Å². The van der Waals surface area contributed by atoms with E-state index in [0.717, 1.165) is 16.9 Å². The molecule has 0 saturated carbocycles. The van der Waals surface area contributed by atoms with Gasteiger partial charge in [-0.05, 0) is 30.3 Å². The number of ether oxygens (including phenoxy) is 1. The molecule has 112 valence electrons. The second-order valence-electron chi connectivity index (χ2n) is 4.85. The van der Waals surface area contributed by atoms with Crippen molar-refractivity contribution in [1.82, 2.24) is 5.32 Å². The van der Waals surface area contributed by atoms with Gasteiger partial charge in [-0.15, -0.1) is 0 Å². The van der Waals surface area contributed by atoms with Gasteiger partial charge in [0.1, 0.15) is 5.75 Å². The summed E-state index contributed by atoms with van der Waals surface area (Å²) in [7, 11) is 2.65. The zero-order valence-electron chi connectivity index (χ0n) is 12.4. The molecule has 0 radical (unpaired) electrons. The van der Waals surface area contributed by atoms with Gasteiger partial charge in [-0.2, -0.15) is 0 Å². The van der Waals surface area contributed by atoms with Crippen LogP contribution in [0.25, 0.3) is 0 Å². The molecule has 2 aromatic carbocycles. The summed E-state index contributed by atoms with van der Waals surface area (Å²) in [4.78, 5) is 0. The van der Waals surface area contributed by atoms with E-state index in [2.05, 4.69) is 5.32 Å². The van der Waals surface area contributed by atoms with E-state index in [-0.39, 0.29) is 6.04 Å². The third-order valence-electron chi connectivity index (χ3n) is 3.39. The first-order valence-electron chi connectivity index (χ1n) is 6.93. The molecule has 2 rings (SSSR count). The standard InChI is InChI=1S/C17H21NO2S/c1-18-17(15-8-10-16(20-2)11-9-15)13-21(19)12-14-6-4-3-5-7-14/h3-11,17-18H,12-13H2,1-2H3. The molecule has 3 nitrogen and oxygen atoms in total. The van der Waals surface area contributed by atoms with Crippen molar-refractivity contribution < 1.29 is 8.95 Å². The lowest BCUT2D eigenvalue weighted by Crippen LogP contribution is -2.23. The van der Waals surface area contributed by atoms with Gasteiger partial charge in [0, 0.05) is 28.3 Å². The fraction of sp³-hybridized carbons (Fsp3) is 0.294. The molecule has 2 aromatic rings. The van der Waals surface area contributed by atoms with Crippen molar-refractivity contribution in [3.05, 3.63) is 65.7 Å². The van der Waals surface area contributed by atoms with Crippen LogP contribution in [-0.4, -0.2) is 24.1 Å². The molecule has 0 aromatic heterocycles. The second kappa shape index (κ2) is 7.96. The van der Waals surface area contributed by atoms with E-state index in [1.807, 2.05) is 61.6 Å². The quantitative estimate of drug-likeness (QED) is 0.855. The SMILES string of the molecule is CNC(CS(=O)Cc1ccccc1)c1ccc(OC)cc1. The van der Waals surface area contributed by atoms with Gasteiger partial charge in [-0.25, -0.2) is 0 Å². The van der Waals surface area contributed by atoms with Crippen LogP contribution in [0, 0.1) is 0 Å². The Kier molecular flexibility index (Phi) is 5.96. The van der Waals surface area contributed by atoms with Gasteiger partial charge < -0.3 is 10.1 Å². The van der Waals surface area contributed by atoms with Gasteiger partial charge in [0.15, 0.2) is 0 Å². The molecule has 0 saturated heterocycles.